The predicted molar refractivity (Wildman–Crippen MR) is 105 cm³/mol. The quantitative estimate of drug-likeness (QED) is 0.613. The number of hydrogen-bond acceptors (Lipinski definition) is 5. The second-order valence-electron chi connectivity index (χ2n) is 5.74. The van der Waals surface area contributed by atoms with Gasteiger partial charge in [-0.25, -0.2) is 8.42 Å². The van der Waals surface area contributed by atoms with Gasteiger partial charge >= 0.3 is 5.97 Å². The molecule has 0 aliphatic rings. The summed E-state index contributed by atoms with van der Waals surface area (Å²) in [5.74, 6) is -0.0210. The molecule has 0 unspecified atom stereocenters. The van der Waals surface area contributed by atoms with Gasteiger partial charge in [0.05, 0.1) is 23.8 Å². The molecule has 0 heterocycles. The van der Waals surface area contributed by atoms with Crippen LogP contribution >= 0.6 is 0 Å². The fourth-order valence-corrected chi connectivity index (χ4v) is 3.95. The van der Waals surface area contributed by atoms with E-state index in [1.807, 2.05) is 26.0 Å². The lowest BCUT2D eigenvalue weighted by molar-refractivity contribution is -0.141. The van der Waals surface area contributed by atoms with Crippen LogP contribution < -0.4 is 9.04 Å². The summed E-state index contributed by atoms with van der Waals surface area (Å²) < 4.78 is 37.7. The van der Waals surface area contributed by atoms with Crippen LogP contribution in [0.2, 0.25) is 0 Å². The molecule has 2 aromatic rings. The Labute approximate surface area is 160 Å². The van der Waals surface area contributed by atoms with Gasteiger partial charge in [-0.15, -0.1) is 0 Å². The predicted octanol–water partition coefficient (Wildman–Crippen LogP) is 3.41. The SMILES string of the molecule is CCOC(=O)CN(c1ccc(CC)cc1)S(=O)(=O)c1ccc(OCC)cc1. The minimum absolute atomic E-state index is 0.0785. The van der Waals surface area contributed by atoms with E-state index in [4.69, 9.17) is 9.47 Å². The lowest BCUT2D eigenvalue weighted by Gasteiger charge is -2.24. The van der Waals surface area contributed by atoms with Gasteiger partial charge in [-0.05, 0) is 62.2 Å². The molecule has 146 valence electrons. The fraction of sp³-hybridized carbons (Fsp3) is 0.350. The maximum absolute atomic E-state index is 13.2. The molecule has 0 aliphatic carbocycles. The molecule has 7 heteroatoms. The van der Waals surface area contributed by atoms with Crippen LogP contribution in [-0.4, -0.2) is 34.1 Å². The van der Waals surface area contributed by atoms with Gasteiger partial charge in [-0.3, -0.25) is 9.10 Å². The smallest absolute Gasteiger partial charge is 0.326 e. The van der Waals surface area contributed by atoms with Gasteiger partial charge in [-0.1, -0.05) is 19.1 Å². The van der Waals surface area contributed by atoms with E-state index in [0.29, 0.717) is 18.0 Å². The van der Waals surface area contributed by atoms with Crippen LogP contribution in [0.1, 0.15) is 26.3 Å². The zero-order valence-electron chi connectivity index (χ0n) is 15.8. The average Bonchev–Trinajstić information content (AvgIpc) is 2.67. The van der Waals surface area contributed by atoms with Crippen LogP contribution in [0.5, 0.6) is 5.75 Å². The summed E-state index contributed by atoms with van der Waals surface area (Å²) in [6, 6.07) is 13.2. The molecule has 2 aromatic carbocycles. The van der Waals surface area contributed by atoms with Crippen LogP contribution in [0, 0.1) is 0 Å². The molecule has 27 heavy (non-hydrogen) atoms. The Bertz CT molecular complexity index is 845. The molecule has 0 spiro atoms. The van der Waals surface area contributed by atoms with Gasteiger partial charge in [0.1, 0.15) is 12.3 Å². The third kappa shape index (κ3) is 5.23. The van der Waals surface area contributed by atoms with Gasteiger partial charge in [0.15, 0.2) is 0 Å². The van der Waals surface area contributed by atoms with Crippen LogP contribution in [0.15, 0.2) is 53.4 Å². The van der Waals surface area contributed by atoms with Crippen molar-refractivity contribution in [1.29, 1.82) is 0 Å². The number of carbonyl (C=O) groups excluding carboxylic acids is 1. The summed E-state index contributed by atoms with van der Waals surface area (Å²) >= 11 is 0. The molecular weight excluding hydrogens is 366 g/mol. The summed E-state index contributed by atoms with van der Waals surface area (Å²) in [7, 11) is -3.94. The van der Waals surface area contributed by atoms with Crippen molar-refractivity contribution in [2.45, 2.75) is 32.1 Å². The highest BCUT2D eigenvalue weighted by atomic mass is 32.2. The number of sulfonamides is 1. The number of nitrogens with zero attached hydrogens (tertiary/aromatic N) is 1. The Kier molecular flexibility index (Phi) is 7.24. The molecular formula is C20H25NO5S. The van der Waals surface area contributed by atoms with Crippen LogP contribution in [0.25, 0.3) is 0 Å². The van der Waals surface area contributed by atoms with Crippen molar-refractivity contribution in [1.82, 2.24) is 0 Å². The zero-order valence-corrected chi connectivity index (χ0v) is 16.7. The first-order valence-electron chi connectivity index (χ1n) is 8.92. The minimum Gasteiger partial charge on any atom is -0.494 e. The molecule has 0 atom stereocenters. The summed E-state index contributed by atoms with van der Waals surface area (Å²) in [5.41, 5.74) is 1.49. The van der Waals surface area contributed by atoms with Crippen LogP contribution in [0.4, 0.5) is 5.69 Å². The molecule has 0 bridgehead atoms. The fourth-order valence-electron chi connectivity index (χ4n) is 2.54. The Hall–Kier alpha value is -2.54. The van der Waals surface area contributed by atoms with Crippen molar-refractivity contribution in [3.63, 3.8) is 0 Å². The molecule has 0 amide bonds. The first-order chi connectivity index (χ1) is 12.9. The van der Waals surface area contributed by atoms with Crippen molar-refractivity contribution in [2.24, 2.45) is 0 Å². The topological polar surface area (TPSA) is 72.9 Å². The highest BCUT2D eigenvalue weighted by Gasteiger charge is 2.27. The Morgan fingerprint density at radius 2 is 1.56 bits per heavy atom. The van der Waals surface area contributed by atoms with E-state index < -0.39 is 22.5 Å². The monoisotopic (exact) mass is 391 g/mol. The first kappa shape index (κ1) is 20.8. The van der Waals surface area contributed by atoms with Crippen molar-refractivity contribution >= 4 is 21.7 Å². The lowest BCUT2D eigenvalue weighted by atomic mass is 10.1. The molecule has 0 aromatic heterocycles. The van der Waals surface area contributed by atoms with E-state index in [-0.39, 0.29) is 11.5 Å². The number of aryl methyl sites for hydroxylation is 1. The van der Waals surface area contributed by atoms with E-state index in [2.05, 4.69) is 0 Å². The third-order valence-corrected chi connectivity index (χ3v) is 5.72. The maximum Gasteiger partial charge on any atom is 0.326 e. The van der Waals surface area contributed by atoms with E-state index in [1.165, 1.54) is 12.1 Å². The van der Waals surface area contributed by atoms with E-state index in [9.17, 15) is 13.2 Å². The highest BCUT2D eigenvalue weighted by molar-refractivity contribution is 7.92. The van der Waals surface area contributed by atoms with E-state index in [0.717, 1.165) is 16.3 Å². The molecule has 6 nitrogen and oxygen atoms in total. The van der Waals surface area contributed by atoms with Gasteiger partial charge in [-0.2, -0.15) is 0 Å². The molecule has 0 saturated carbocycles. The Morgan fingerprint density at radius 1 is 0.926 bits per heavy atom. The minimum atomic E-state index is -3.94. The Morgan fingerprint density at radius 3 is 2.07 bits per heavy atom. The molecule has 0 N–H and O–H groups in total. The Balaban J connectivity index is 2.41. The summed E-state index contributed by atoms with van der Waals surface area (Å²) in [6.07, 6.45) is 0.837. The highest BCUT2D eigenvalue weighted by Crippen LogP contribution is 2.25. The van der Waals surface area contributed by atoms with Crippen molar-refractivity contribution < 1.29 is 22.7 Å². The normalized spacial score (nSPS) is 11.1. The number of anilines is 1. The number of ether oxygens (including phenoxy) is 2. The molecule has 0 aliphatic heterocycles. The number of esters is 1. The summed E-state index contributed by atoms with van der Waals surface area (Å²) in [5, 5.41) is 0. The molecule has 2 rings (SSSR count). The average molecular weight is 391 g/mol. The number of hydrogen-bond donors (Lipinski definition) is 0. The van der Waals surface area contributed by atoms with Gasteiger partial charge < -0.3 is 9.47 Å². The van der Waals surface area contributed by atoms with E-state index in [1.54, 1.807) is 31.2 Å². The number of carbonyl (C=O) groups is 1. The second-order valence-corrected chi connectivity index (χ2v) is 7.60. The standard InChI is InChI=1S/C20H25NO5S/c1-4-16-7-9-17(10-8-16)21(15-20(22)26-6-3)27(23,24)19-13-11-18(12-14-19)25-5-2/h7-14H,4-6,15H2,1-3H3. The maximum atomic E-state index is 13.2. The van der Waals surface area contributed by atoms with Gasteiger partial charge in [0.2, 0.25) is 0 Å². The first-order valence-corrected chi connectivity index (χ1v) is 10.4. The van der Waals surface area contributed by atoms with E-state index >= 15 is 0 Å². The lowest BCUT2D eigenvalue weighted by Crippen LogP contribution is -2.36. The van der Waals surface area contributed by atoms with Crippen molar-refractivity contribution in [2.75, 3.05) is 24.1 Å². The van der Waals surface area contributed by atoms with Crippen LogP contribution in [-0.2, 0) is 26.0 Å². The third-order valence-electron chi connectivity index (χ3n) is 3.93. The number of benzene rings is 2. The van der Waals surface area contributed by atoms with Crippen molar-refractivity contribution in [3.8, 4) is 5.75 Å². The van der Waals surface area contributed by atoms with Crippen molar-refractivity contribution in [3.05, 3.63) is 54.1 Å². The molecule has 0 fully saturated rings. The van der Waals surface area contributed by atoms with Gasteiger partial charge in [0.25, 0.3) is 10.0 Å². The second kappa shape index (κ2) is 9.41. The summed E-state index contributed by atoms with van der Waals surface area (Å²) in [4.78, 5) is 12.1. The zero-order chi connectivity index (χ0) is 19.9. The largest absolute Gasteiger partial charge is 0.494 e. The number of rotatable bonds is 9. The van der Waals surface area contributed by atoms with Crippen LogP contribution in [0.3, 0.4) is 0 Å². The summed E-state index contributed by atoms with van der Waals surface area (Å²) in [6.45, 7) is 5.83. The van der Waals surface area contributed by atoms with Gasteiger partial charge in [0, 0.05) is 0 Å². The molecule has 0 saturated heterocycles. The molecule has 0 radical (unpaired) electrons.